The molecule has 26 heavy (non-hydrogen) atoms. The zero-order valence-electron chi connectivity index (χ0n) is 14.8. The predicted octanol–water partition coefficient (Wildman–Crippen LogP) is 1.63. The number of ether oxygens (including phenoxy) is 1. The number of carbonyl (C=O) groups excluding carboxylic acids is 1. The van der Waals surface area contributed by atoms with E-state index < -0.39 is 0 Å². The van der Waals surface area contributed by atoms with Gasteiger partial charge in [0.2, 0.25) is 5.95 Å². The van der Waals surface area contributed by atoms with Crippen molar-refractivity contribution in [3.63, 3.8) is 0 Å². The van der Waals surface area contributed by atoms with E-state index in [4.69, 9.17) is 4.74 Å². The van der Waals surface area contributed by atoms with Crippen molar-refractivity contribution in [3.8, 4) is 0 Å². The number of aromatic nitrogens is 3. The highest BCUT2D eigenvalue weighted by Crippen LogP contribution is 2.34. The van der Waals surface area contributed by atoms with Crippen LogP contribution in [0.5, 0.6) is 0 Å². The molecule has 1 spiro atoms. The molecule has 1 amide bonds. The Kier molecular flexibility index (Phi) is 4.79. The lowest BCUT2D eigenvalue weighted by Gasteiger charge is -2.43. The van der Waals surface area contributed by atoms with Crippen LogP contribution in [0.3, 0.4) is 0 Å². The molecule has 4 rings (SSSR count). The summed E-state index contributed by atoms with van der Waals surface area (Å²) in [5.74, 6) is 0.799. The minimum absolute atomic E-state index is 0.0678. The Labute approximate surface area is 153 Å². The van der Waals surface area contributed by atoms with Gasteiger partial charge in [-0.2, -0.15) is 0 Å². The third kappa shape index (κ3) is 3.53. The summed E-state index contributed by atoms with van der Waals surface area (Å²) in [5.41, 5.74) is 0.603. The van der Waals surface area contributed by atoms with Gasteiger partial charge in [-0.1, -0.05) is 0 Å². The normalized spacial score (nSPS) is 23.7. The van der Waals surface area contributed by atoms with Crippen LogP contribution in [-0.2, 0) is 4.74 Å². The number of hydrogen-bond donors (Lipinski definition) is 0. The van der Waals surface area contributed by atoms with Gasteiger partial charge in [-0.25, -0.2) is 9.97 Å². The van der Waals surface area contributed by atoms with Gasteiger partial charge in [-0.05, 0) is 31.0 Å². The van der Waals surface area contributed by atoms with Crippen LogP contribution in [0, 0.1) is 5.41 Å². The molecule has 2 aromatic rings. The maximum atomic E-state index is 12.9. The topological polar surface area (TPSA) is 71.5 Å². The van der Waals surface area contributed by atoms with Gasteiger partial charge < -0.3 is 14.5 Å². The van der Waals surface area contributed by atoms with E-state index >= 15 is 0 Å². The quantitative estimate of drug-likeness (QED) is 0.817. The van der Waals surface area contributed by atoms with Gasteiger partial charge in [0.25, 0.3) is 5.91 Å². The molecule has 0 aromatic carbocycles. The first-order valence-corrected chi connectivity index (χ1v) is 9.05. The second-order valence-corrected chi connectivity index (χ2v) is 7.09. The number of likely N-dealkylation sites (tertiary alicyclic amines) is 1. The fourth-order valence-electron chi connectivity index (χ4n) is 3.92. The molecule has 0 radical (unpaired) electrons. The molecular formula is C19H23N5O2. The van der Waals surface area contributed by atoms with E-state index in [1.807, 2.05) is 11.0 Å². The Morgan fingerprint density at radius 1 is 1.08 bits per heavy atom. The van der Waals surface area contributed by atoms with Crippen LogP contribution < -0.4 is 4.90 Å². The SMILES string of the molecule is O=C(c1ccncc1)N1CCCC2(COCCN(c3ncccn3)C2)C1. The Balaban J connectivity index is 1.53. The summed E-state index contributed by atoms with van der Waals surface area (Å²) in [6, 6.07) is 5.37. The Hall–Kier alpha value is -2.54. The van der Waals surface area contributed by atoms with Gasteiger partial charge in [0.05, 0.1) is 13.2 Å². The first kappa shape index (κ1) is 16.9. The van der Waals surface area contributed by atoms with E-state index in [1.165, 1.54) is 0 Å². The van der Waals surface area contributed by atoms with Crippen LogP contribution in [0.2, 0.25) is 0 Å². The molecule has 1 unspecified atom stereocenters. The van der Waals surface area contributed by atoms with E-state index in [-0.39, 0.29) is 11.3 Å². The van der Waals surface area contributed by atoms with Gasteiger partial charge >= 0.3 is 0 Å². The third-order valence-corrected chi connectivity index (χ3v) is 5.15. The molecule has 0 aliphatic carbocycles. The fraction of sp³-hybridized carbons (Fsp3) is 0.474. The molecule has 4 heterocycles. The monoisotopic (exact) mass is 353 g/mol. The standard InChI is InChI=1S/C19H23N5O2/c25-17(16-3-8-20-9-4-16)23-10-1-5-19(13-23)14-24(11-12-26-15-19)18-21-6-2-7-22-18/h2-4,6-9H,1,5,10-15H2. The number of rotatable bonds is 2. The molecule has 2 saturated heterocycles. The summed E-state index contributed by atoms with van der Waals surface area (Å²) in [6.45, 7) is 4.36. The van der Waals surface area contributed by atoms with Crippen molar-refractivity contribution >= 4 is 11.9 Å². The lowest BCUT2D eigenvalue weighted by molar-refractivity contribution is 0.0135. The molecule has 2 aliphatic rings. The van der Waals surface area contributed by atoms with Crippen molar-refractivity contribution < 1.29 is 9.53 Å². The largest absolute Gasteiger partial charge is 0.379 e. The highest BCUT2D eigenvalue weighted by atomic mass is 16.5. The summed E-state index contributed by atoms with van der Waals surface area (Å²) in [5, 5.41) is 0. The zero-order valence-corrected chi connectivity index (χ0v) is 14.8. The van der Waals surface area contributed by atoms with Crippen molar-refractivity contribution in [2.45, 2.75) is 12.8 Å². The van der Waals surface area contributed by atoms with Gasteiger partial charge in [0.15, 0.2) is 0 Å². The van der Waals surface area contributed by atoms with Crippen molar-refractivity contribution in [2.75, 3.05) is 44.3 Å². The first-order valence-electron chi connectivity index (χ1n) is 9.05. The van der Waals surface area contributed by atoms with Gasteiger partial charge in [-0.15, -0.1) is 0 Å². The highest BCUT2D eigenvalue weighted by molar-refractivity contribution is 5.94. The van der Waals surface area contributed by atoms with Crippen molar-refractivity contribution in [2.24, 2.45) is 5.41 Å². The number of pyridine rings is 1. The molecule has 136 valence electrons. The molecule has 0 saturated carbocycles. The Morgan fingerprint density at radius 3 is 2.69 bits per heavy atom. The lowest BCUT2D eigenvalue weighted by Crippen LogP contribution is -2.52. The van der Waals surface area contributed by atoms with Crippen LogP contribution >= 0.6 is 0 Å². The van der Waals surface area contributed by atoms with Crippen LogP contribution in [0.15, 0.2) is 43.0 Å². The summed E-state index contributed by atoms with van der Waals surface area (Å²) in [7, 11) is 0. The summed E-state index contributed by atoms with van der Waals surface area (Å²) < 4.78 is 5.93. The van der Waals surface area contributed by atoms with E-state index in [0.29, 0.717) is 25.3 Å². The minimum atomic E-state index is -0.0867. The van der Waals surface area contributed by atoms with Crippen LogP contribution in [0.25, 0.3) is 0 Å². The minimum Gasteiger partial charge on any atom is -0.379 e. The zero-order chi connectivity index (χ0) is 17.8. The number of anilines is 1. The van der Waals surface area contributed by atoms with E-state index in [1.54, 1.807) is 36.9 Å². The lowest BCUT2D eigenvalue weighted by atomic mass is 9.80. The fourth-order valence-corrected chi connectivity index (χ4v) is 3.92. The molecule has 0 bridgehead atoms. The molecule has 2 aromatic heterocycles. The second-order valence-electron chi connectivity index (χ2n) is 7.09. The third-order valence-electron chi connectivity index (χ3n) is 5.15. The highest BCUT2D eigenvalue weighted by Gasteiger charge is 2.41. The number of carbonyl (C=O) groups is 1. The summed E-state index contributed by atoms with van der Waals surface area (Å²) >= 11 is 0. The molecule has 0 N–H and O–H groups in total. The van der Waals surface area contributed by atoms with Gasteiger partial charge in [-0.3, -0.25) is 9.78 Å². The van der Waals surface area contributed by atoms with Gasteiger partial charge in [0.1, 0.15) is 0 Å². The summed E-state index contributed by atoms with van der Waals surface area (Å²) in [6.07, 6.45) is 8.87. The molecule has 7 heteroatoms. The molecule has 1 atom stereocenters. The number of amides is 1. The average molecular weight is 353 g/mol. The molecule has 2 aliphatic heterocycles. The first-order chi connectivity index (χ1) is 12.8. The second kappa shape index (κ2) is 7.37. The van der Waals surface area contributed by atoms with Crippen molar-refractivity contribution in [3.05, 3.63) is 48.5 Å². The Bertz CT molecular complexity index is 742. The van der Waals surface area contributed by atoms with Gasteiger partial charge in [0, 0.05) is 61.9 Å². The maximum absolute atomic E-state index is 12.9. The molecular weight excluding hydrogens is 330 g/mol. The maximum Gasteiger partial charge on any atom is 0.253 e. The van der Waals surface area contributed by atoms with E-state index in [0.717, 1.165) is 38.4 Å². The Morgan fingerprint density at radius 2 is 1.88 bits per heavy atom. The molecule has 2 fully saturated rings. The van der Waals surface area contributed by atoms with Crippen LogP contribution in [0.1, 0.15) is 23.2 Å². The predicted molar refractivity (Wildman–Crippen MR) is 96.9 cm³/mol. The van der Waals surface area contributed by atoms with E-state index in [2.05, 4.69) is 19.9 Å². The van der Waals surface area contributed by atoms with E-state index in [9.17, 15) is 4.79 Å². The van der Waals surface area contributed by atoms with Crippen molar-refractivity contribution in [1.82, 2.24) is 19.9 Å². The smallest absolute Gasteiger partial charge is 0.253 e. The number of nitrogens with zero attached hydrogens (tertiary/aromatic N) is 5. The van der Waals surface area contributed by atoms with Crippen LogP contribution in [0.4, 0.5) is 5.95 Å². The van der Waals surface area contributed by atoms with Crippen LogP contribution in [-0.4, -0.2) is 65.2 Å². The molecule has 7 nitrogen and oxygen atoms in total. The number of piperidine rings is 1. The summed E-state index contributed by atoms with van der Waals surface area (Å²) in [4.78, 5) is 29.8. The van der Waals surface area contributed by atoms with Crippen molar-refractivity contribution in [1.29, 1.82) is 0 Å². The number of hydrogen-bond acceptors (Lipinski definition) is 6. The average Bonchev–Trinajstić information content (AvgIpc) is 2.91.